The van der Waals surface area contributed by atoms with Gasteiger partial charge >= 0.3 is 6.09 Å². The number of alkyl carbamates (subject to hydrolysis) is 1. The SMILES string of the molecule is CCO[C@@H](C1C[C@@H](C)[C@H]2C(O1)[C@H](O)[C@@]1(C)C3CC[C@H]4C(C)(C)[C@@H](OC(=O)NCCN5CCC5)CC[C@@]45C[C@@]35CC[C@]21C)C(C)(C)O. The van der Waals surface area contributed by atoms with Crippen LogP contribution in [0, 0.1) is 50.7 Å². The Kier molecular flexibility index (Phi) is 8.05. The third-order valence-corrected chi connectivity index (χ3v) is 16.0. The number of carbonyl (C=O) groups is 1. The van der Waals surface area contributed by atoms with Crippen molar-refractivity contribution < 1.29 is 29.2 Å². The summed E-state index contributed by atoms with van der Waals surface area (Å²) in [6.07, 6.45) is 8.27. The topological polar surface area (TPSA) is 100 Å². The lowest BCUT2D eigenvalue weighted by Crippen LogP contribution is -2.60. The summed E-state index contributed by atoms with van der Waals surface area (Å²) in [5.74, 6) is 1.64. The second kappa shape index (κ2) is 11.0. The van der Waals surface area contributed by atoms with E-state index in [2.05, 4.69) is 44.8 Å². The Morgan fingerprint density at radius 3 is 2.41 bits per heavy atom. The number of ether oxygens (including phenoxy) is 3. The zero-order valence-electron chi connectivity index (χ0n) is 30.1. The molecule has 0 bridgehead atoms. The molecule has 2 saturated heterocycles. The normalized spacial score (nSPS) is 49.7. The average Bonchev–Trinajstić information content (AvgIpc) is 3.58. The van der Waals surface area contributed by atoms with E-state index in [0.717, 1.165) is 58.2 Å². The van der Waals surface area contributed by atoms with Gasteiger partial charge in [-0.3, -0.25) is 0 Å². The maximum Gasteiger partial charge on any atom is 0.407 e. The molecule has 7 rings (SSSR count). The summed E-state index contributed by atoms with van der Waals surface area (Å²) >= 11 is 0. The Morgan fingerprint density at radius 1 is 1.07 bits per heavy atom. The number of hydrogen-bond donors (Lipinski definition) is 3. The van der Waals surface area contributed by atoms with Gasteiger partial charge in [-0.1, -0.05) is 34.6 Å². The second-order valence-electron chi connectivity index (χ2n) is 18.6. The number of likely N-dealkylation sites (tertiary alicyclic amines) is 1. The molecule has 0 aromatic rings. The standard InChI is InChI=1S/C38H64N2O6/c1-9-44-31(34(5,6)43)24-21-23(2)28-29(45-24)30(41)36(8)26-12-11-25-33(3,4)27(46-32(42)39-17-20-40-18-10-19-40)13-14-37(25)22-38(26,37)16-15-35(28,36)7/h23-31,41,43H,9-22H2,1-8H3,(H,39,42)/t23-,24?,25+,26?,27+,28+,29?,30+,31+,35-,36-,37-,38+/m1/s1. The van der Waals surface area contributed by atoms with Gasteiger partial charge in [-0.05, 0) is 132 Å². The fourth-order valence-corrected chi connectivity index (χ4v) is 13.8. The highest BCUT2D eigenvalue weighted by molar-refractivity contribution is 5.67. The Morgan fingerprint density at radius 2 is 1.76 bits per heavy atom. The molecule has 2 aliphatic heterocycles. The molecule has 13 atom stereocenters. The van der Waals surface area contributed by atoms with Crippen LogP contribution in [0.1, 0.15) is 113 Å². The molecule has 3 unspecified atom stereocenters. The van der Waals surface area contributed by atoms with E-state index in [1.54, 1.807) is 0 Å². The summed E-state index contributed by atoms with van der Waals surface area (Å²) in [6, 6.07) is 0. The monoisotopic (exact) mass is 644 g/mol. The lowest BCUT2D eigenvalue weighted by Gasteiger charge is -2.63. The van der Waals surface area contributed by atoms with E-state index in [9.17, 15) is 15.0 Å². The predicted molar refractivity (Wildman–Crippen MR) is 177 cm³/mol. The van der Waals surface area contributed by atoms with E-state index >= 15 is 0 Å². The zero-order valence-corrected chi connectivity index (χ0v) is 30.1. The molecule has 0 aromatic heterocycles. The van der Waals surface area contributed by atoms with Crippen LogP contribution in [0.15, 0.2) is 0 Å². The lowest BCUT2D eigenvalue weighted by atomic mass is 9.41. The summed E-state index contributed by atoms with van der Waals surface area (Å²) in [5.41, 5.74) is -0.813. The minimum Gasteiger partial charge on any atom is -0.446 e. The van der Waals surface area contributed by atoms with E-state index in [1.807, 2.05) is 20.8 Å². The molecule has 5 aliphatic carbocycles. The third kappa shape index (κ3) is 4.51. The van der Waals surface area contributed by atoms with E-state index in [0.29, 0.717) is 30.9 Å². The number of hydrogen-bond acceptors (Lipinski definition) is 7. The molecular formula is C38H64N2O6. The molecule has 7 fully saturated rings. The number of aliphatic hydroxyl groups is 2. The van der Waals surface area contributed by atoms with Gasteiger partial charge < -0.3 is 34.6 Å². The van der Waals surface area contributed by atoms with Gasteiger partial charge in [0.1, 0.15) is 12.2 Å². The van der Waals surface area contributed by atoms with Crippen LogP contribution >= 0.6 is 0 Å². The van der Waals surface area contributed by atoms with Crippen molar-refractivity contribution in [1.82, 2.24) is 10.2 Å². The first-order valence-electron chi connectivity index (χ1n) is 18.9. The Hall–Kier alpha value is -0.930. The lowest BCUT2D eigenvalue weighted by molar-refractivity contribution is -0.215. The highest BCUT2D eigenvalue weighted by Crippen LogP contribution is 2.89. The van der Waals surface area contributed by atoms with Gasteiger partial charge in [-0.2, -0.15) is 0 Å². The molecule has 2 spiro atoms. The van der Waals surface area contributed by atoms with E-state index in [1.165, 1.54) is 19.3 Å². The summed E-state index contributed by atoms with van der Waals surface area (Å²) in [4.78, 5) is 15.3. The van der Waals surface area contributed by atoms with Crippen molar-refractivity contribution in [3.63, 3.8) is 0 Å². The van der Waals surface area contributed by atoms with Crippen molar-refractivity contribution >= 4 is 6.09 Å². The molecule has 0 radical (unpaired) electrons. The molecule has 0 aromatic carbocycles. The van der Waals surface area contributed by atoms with Gasteiger partial charge in [0, 0.05) is 30.5 Å². The second-order valence-corrected chi connectivity index (χ2v) is 18.6. The van der Waals surface area contributed by atoms with Crippen molar-refractivity contribution in [3.8, 4) is 0 Å². The minimum absolute atomic E-state index is 0.00613. The van der Waals surface area contributed by atoms with Gasteiger partial charge in [0.25, 0.3) is 0 Å². The minimum atomic E-state index is -1.02. The Bertz CT molecular complexity index is 1180. The Labute approximate surface area is 278 Å². The van der Waals surface area contributed by atoms with Crippen molar-refractivity contribution in [1.29, 1.82) is 0 Å². The molecule has 7 aliphatic rings. The third-order valence-electron chi connectivity index (χ3n) is 16.0. The van der Waals surface area contributed by atoms with Crippen LogP contribution in [0.3, 0.4) is 0 Å². The number of rotatable bonds is 8. The molecule has 1 amide bonds. The number of nitrogens with one attached hydrogen (secondary N) is 1. The van der Waals surface area contributed by atoms with Gasteiger partial charge in [-0.25, -0.2) is 4.79 Å². The highest BCUT2D eigenvalue weighted by Gasteiger charge is 2.84. The first kappa shape index (κ1) is 33.6. The van der Waals surface area contributed by atoms with Crippen LogP contribution in [-0.2, 0) is 14.2 Å². The number of amides is 1. The van der Waals surface area contributed by atoms with Crippen LogP contribution in [-0.4, -0.2) is 90.1 Å². The maximum absolute atomic E-state index is 12.9. The first-order valence-corrected chi connectivity index (χ1v) is 18.9. The van der Waals surface area contributed by atoms with Crippen molar-refractivity contribution in [2.75, 3.05) is 32.8 Å². The van der Waals surface area contributed by atoms with E-state index in [-0.39, 0.29) is 57.4 Å². The van der Waals surface area contributed by atoms with Gasteiger partial charge in [-0.15, -0.1) is 0 Å². The number of nitrogens with zero attached hydrogens (tertiary/aromatic N) is 1. The van der Waals surface area contributed by atoms with Gasteiger partial charge in [0.15, 0.2) is 0 Å². The molecule has 8 heteroatoms. The summed E-state index contributed by atoms with van der Waals surface area (Å²) in [6.45, 7) is 22.0. The average molecular weight is 645 g/mol. The summed E-state index contributed by atoms with van der Waals surface area (Å²) in [5, 5.41) is 26.6. The maximum atomic E-state index is 12.9. The fraction of sp³-hybridized carbons (Fsp3) is 0.974. The molecule has 8 nitrogen and oxygen atoms in total. The number of aliphatic hydroxyl groups excluding tert-OH is 1. The van der Waals surface area contributed by atoms with Crippen molar-refractivity contribution in [3.05, 3.63) is 0 Å². The molecule has 3 N–H and O–H groups in total. The number of fused-ring (bicyclic) bond motifs is 4. The smallest absolute Gasteiger partial charge is 0.407 e. The largest absolute Gasteiger partial charge is 0.446 e. The van der Waals surface area contributed by atoms with Crippen LogP contribution in [0.25, 0.3) is 0 Å². The quantitative estimate of drug-likeness (QED) is 0.308. The molecular weight excluding hydrogens is 580 g/mol. The zero-order chi connectivity index (χ0) is 33.1. The molecule has 262 valence electrons. The van der Waals surface area contributed by atoms with Crippen LogP contribution in [0.4, 0.5) is 4.79 Å². The molecule has 2 heterocycles. The van der Waals surface area contributed by atoms with Crippen molar-refractivity contribution in [2.45, 2.75) is 149 Å². The fourth-order valence-electron chi connectivity index (χ4n) is 13.8. The number of carbonyl (C=O) groups excluding carboxylic acids is 1. The summed E-state index contributed by atoms with van der Waals surface area (Å²) < 4.78 is 19.2. The van der Waals surface area contributed by atoms with E-state index in [4.69, 9.17) is 14.2 Å². The van der Waals surface area contributed by atoms with Crippen LogP contribution in [0.5, 0.6) is 0 Å². The van der Waals surface area contributed by atoms with Crippen LogP contribution < -0.4 is 5.32 Å². The van der Waals surface area contributed by atoms with Crippen LogP contribution in [0.2, 0.25) is 0 Å². The van der Waals surface area contributed by atoms with E-state index < -0.39 is 17.8 Å². The molecule has 46 heavy (non-hydrogen) atoms. The van der Waals surface area contributed by atoms with Gasteiger partial charge in [0.2, 0.25) is 0 Å². The molecule has 5 saturated carbocycles. The summed E-state index contributed by atoms with van der Waals surface area (Å²) in [7, 11) is 0. The predicted octanol–water partition coefficient (Wildman–Crippen LogP) is 5.78. The first-order chi connectivity index (χ1) is 21.6. The highest BCUT2D eigenvalue weighted by atomic mass is 16.6. The van der Waals surface area contributed by atoms with Gasteiger partial charge in [0.05, 0.1) is 23.9 Å². The van der Waals surface area contributed by atoms with Crippen molar-refractivity contribution in [2.24, 2.45) is 50.7 Å². The Balaban J connectivity index is 1.10.